The summed E-state index contributed by atoms with van der Waals surface area (Å²) in [4.78, 5) is 32.5. The zero-order chi connectivity index (χ0) is 22.8. The number of rotatable bonds is 4. The molecule has 164 valence electrons. The molecule has 1 aliphatic rings. The standard InChI is InChI=1S/C26H28N4O2/c1-17-13-24(28-22-9-6-12-27-16-22)23-15-20(10-11-25(23)30(17)18(2)31)19-7-5-8-21(14-19)26(32)29(3)4/h5-12,14-17,24,28H,13H2,1-4H3/t17-,24+/m0/s1. The van der Waals surface area contributed by atoms with Crippen LogP contribution in [0.15, 0.2) is 67.0 Å². The number of amides is 2. The summed E-state index contributed by atoms with van der Waals surface area (Å²) in [6.45, 7) is 3.69. The average molecular weight is 429 g/mol. The average Bonchev–Trinajstić information content (AvgIpc) is 2.78. The van der Waals surface area contributed by atoms with Gasteiger partial charge >= 0.3 is 0 Å². The highest BCUT2D eigenvalue weighted by Gasteiger charge is 2.32. The zero-order valence-electron chi connectivity index (χ0n) is 18.9. The second kappa shape index (κ2) is 8.83. The van der Waals surface area contributed by atoms with E-state index in [2.05, 4.69) is 23.3 Å². The first kappa shape index (κ1) is 21.6. The lowest BCUT2D eigenvalue weighted by molar-refractivity contribution is -0.117. The first-order valence-electron chi connectivity index (χ1n) is 10.8. The molecule has 6 heteroatoms. The Kier molecular flexibility index (Phi) is 5.95. The molecule has 1 N–H and O–H groups in total. The molecule has 2 atom stereocenters. The van der Waals surface area contributed by atoms with Gasteiger partial charge in [-0.2, -0.15) is 0 Å². The normalized spacial score (nSPS) is 17.4. The van der Waals surface area contributed by atoms with Gasteiger partial charge in [-0.1, -0.05) is 18.2 Å². The van der Waals surface area contributed by atoms with E-state index < -0.39 is 0 Å². The van der Waals surface area contributed by atoms with Gasteiger partial charge in [0.25, 0.3) is 5.91 Å². The summed E-state index contributed by atoms with van der Waals surface area (Å²) in [5.41, 5.74) is 5.54. The minimum Gasteiger partial charge on any atom is -0.377 e. The highest BCUT2D eigenvalue weighted by molar-refractivity contribution is 5.96. The number of aromatic nitrogens is 1. The van der Waals surface area contributed by atoms with E-state index >= 15 is 0 Å². The number of carbonyl (C=O) groups is 2. The molecule has 0 radical (unpaired) electrons. The van der Waals surface area contributed by atoms with E-state index in [9.17, 15) is 9.59 Å². The van der Waals surface area contributed by atoms with E-state index in [1.807, 2.05) is 59.6 Å². The van der Waals surface area contributed by atoms with Crippen LogP contribution in [-0.2, 0) is 4.79 Å². The molecule has 0 aliphatic carbocycles. The summed E-state index contributed by atoms with van der Waals surface area (Å²) in [6, 6.07) is 17.8. The van der Waals surface area contributed by atoms with Crippen molar-refractivity contribution < 1.29 is 9.59 Å². The smallest absolute Gasteiger partial charge is 0.253 e. The Morgan fingerprint density at radius 1 is 1.06 bits per heavy atom. The van der Waals surface area contributed by atoms with Gasteiger partial charge in [-0.05, 0) is 66.4 Å². The lowest BCUT2D eigenvalue weighted by Gasteiger charge is -2.39. The zero-order valence-corrected chi connectivity index (χ0v) is 18.9. The first-order chi connectivity index (χ1) is 15.3. The predicted octanol–water partition coefficient (Wildman–Crippen LogP) is 4.75. The number of benzene rings is 2. The summed E-state index contributed by atoms with van der Waals surface area (Å²) in [7, 11) is 3.50. The van der Waals surface area contributed by atoms with Crippen LogP contribution >= 0.6 is 0 Å². The minimum absolute atomic E-state index is 0.0301. The maximum atomic E-state index is 12.4. The predicted molar refractivity (Wildman–Crippen MR) is 128 cm³/mol. The quantitative estimate of drug-likeness (QED) is 0.651. The van der Waals surface area contributed by atoms with Gasteiger partial charge in [-0.25, -0.2) is 0 Å². The molecule has 0 saturated carbocycles. The number of hydrogen-bond acceptors (Lipinski definition) is 4. The molecule has 2 heterocycles. The lowest BCUT2D eigenvalue weighted by Crippen LogP contribution is -2.43. The SMILES string of the molecule is CC(=O)N1c2ccc(-c3cccc(C(=O)N(C)C)c3)cc2[C@H](Nc2cccnc2)C[C@@H]1C. The van der Waals surface area contributed by atoms with Crippen molar-refractivity contribution in [1.82, 2.24) is 9.88 Å². The van der Waals surface area contributed by atoms with Crippen LogP contribution in [0.25, 0.3) is 11.1 Å². The van der Waals surface area contributed by atoms with E-state index in [0.29, 0.717) is 5.56 Å². The van der Waals surface area contributed by atoms with Crippen LogP contribution in [0, 0.1) is 0 Å². The Balaban J connectivity index is 1.77. The van der Waals surface area contributed by atoms with Gasteiger partial charge in [0.05, 0.1) is 11.7 Å². The third-order valence-corrected chi connectivity index (χ3v) is 5.87. The van der Waals surface area contributed by atoms with Crippen LogP contribution in [0.5, 0.6) is 0 Å². The highest BCUT2D eigenvalue weighted by Crippen LogP contribution is 2.41. The van der Waals surface area contributed by atoms with E-state index in [1.54, 1.807) is 32.1 Å². The van der Waals surface area contributed by atoms with Gasteiger partial charge in [0.15, 0.2) is 0 Å². The van der Waals surface area contributed by atoms with E-state index in [0.717, 1.165) is 34.5 Å². The minimum atomic E-state index is -0.0301. The van der Waals surface area contributed by atoms with Crippen LogP contribution in [-0.4, -0.2) is 41.8 Å². The second-order valence-corrected chi connectivity index (χ2v) is 8.47. The van der Waals surface area contributed by atoms with Crippen LogP contribution in [0.3, 0.4) is 0 Å². The summed E-state index contributed by atoms with van der Waals surface area (Å²) in [6.07, 6.45) is 4.34. The van der Waals surface area contributed by atoms with E-state index in [-0.39, 0.29) is 23.9 Å². The van der Waals surface area contributed by atoms with Gasteiger partial charge in [0, 0.05) is 50.7 Å². The fourth-order valence-corrected chi connectivity index (χ4v) is 4.40. The van der Waals surface area contributed by atoms with Crippen molar-refractivity contribution >= 4 is 23.2 Å². The molecule has 4 rings (SSSR count). The Labute approximate surface area is 188 Å². The fraction of sp³-hybridized carbons (Fsp3) is 0.269. The number of nitrogens with one attached hydrogen (secondary N) is 1. The fourth-order valence-electron chi connectivity index (χ4n) is 4.40. The Bertz CT molecular complexity index is 1140. The Hall–Kier alpha value is -3.67. The number of fused-ring (bicyclic) bond motifs is 1. The van der Waals surface area contributed by atoms with Crippen molar-refractivity contribution in [2.24, 2.45) is 0 Å². The van der Waals surface area contributed by atoms with Crippen LogP contribution in [0.4, 0.5) is 11.4 Å². The largest absolute Gasteiger partial charge is 0.377 e. The van der Waals surface area contributed by atoms with E-state index in [1.165, 1.54) is 0 Å². The number of nitrogens with zero attached hydrogens (tertiary/aromatic N) is 3. The van der Waals surface area contributed by atoms with Crippen molar-refractivity contribution in [3.8, 4) is 11.1 Å². The number of hydrogen-bond donors (Lipinski definition) is 1. The maximum Gasteiger partial charge on any atom is 0.253 e. The second-order valence-electron chi connectivity index (χ2n) is 8.47. The number of anilines is 2. The summed E-state index contributed by atoms with van der Waals surface area (Å²) in [5.74, 6) is 0.00224. The molecular weight excluding hydrogens is 400 g/mol. The Morgan fingerprint density at radius 3 is 2.53 bits per heavy atom. The van der Waals surface area contributed by atoms with Gasteiger partial charge in [-0.15, -0.1) is 0 Å². The third-order valence-electron chi connectivity index (χ3n) is 5.87. The summed E-state index contributed by atoms with van der Waals surface area (Å²) in [5, 5.41) is 3.59. The van der Waals surface area contributed by atoms with Crippen molar-refractivity contribution in [2.45, 2.75) is 32.4 Å². The van der Waals surface area contributed by atoms with Crippen molar-refractivity contribution in [2.75, 3.05) is 24.3 Å². The molecular formula is C26H28N4O2. The molecule has 3 aromatic rings. The maximum absolute atomic E-state index is 12.4. The summed E-state index contributed by atoms with van der Waals surface area (Å²) < 4.78 is 0. The summed E-state index contributed by atoms with van der Waals surface area (Å²) >= 11 is 0. The molecule has 0 unspecified atom stereocenters. The number of carbonyl (C=O) groups excluding carboxylic acids is 2. The molecule has 0 saturated heterocycles. The molecule has 0 bridgehead atoms. The highest BCUT2D eigenvalue weighted by atomic mass is 16.2. The third kappa shape index (κ3) is 4.21. The van der Waals surface area contributed by atoms with Crippen LogP contribution < -0.4 is 10.2 Å². The van der Waals surface area contributed by atoms with E-state index in [4.69, 9.17) is 0 Å². The Morgan fingerprint density at radius 2 is 1.84 bits per heavy atom. The molecule has 1 aliphatic heterocycles. The molecule has 32 heavy (non-hydrogen) atoms. The van der Waals surface area contributed by atoms with Gasteiger partial charge in [0.1, 0.15) is 0 Å². The van der Waals surface area contributed by atoms with Gasteiger partial charge in [-0.3, -0.25) is 14.6 Å². The van der Waals surface area contributed by atoms with Gasteiger partial charge < -0.3 is 15.1 Å². The molecule has 2 amide bonds. The van der Waals surface area contributed by atoms with Crippen molar-refractivity contribution in [3.63, 3.8) is 0 Å². The number of pyridine rings is 1. The molecule has 0 spiro atoms. The van der Waals surface area contributed by atoms with Crippen LogP contribution in [0.1, 0.15) is 42.2 Å². The molecule has 2 aromatic carbocycles. The lowest BCUT2D eigenvalue weighted by atomic mass is 9.88. The monoisotopic (exact) mass is 428 g/mol. The van der Waals surface area contributed by atoms with Crippen LogP contribution in [0.2, 0.25) is 0 Å². The molecule has 6 nitrogen and oxygen atoms in total. The first-order valence-corrected chi connectivity index (χ1v) is 10.8. The van der Waals surface area contributed by atoms with Crippen molar-refractivity contribution in [3.05, 3.63) is 78.1 Å². The topological polar surface area (TPSA) is 65.5 Å². The molecule has 1 aromatic heterocycles. The van der Waals surface area contributed by atoms with Gasteiger partial charge in [0.2, 0.25) is 5.91 Å². The molecule has 0 fully saturated rings. The van der Waals surface area contributed by atoms with Crippen molar-refractivity contribution in [1.29, 1.82) is 0 Å².